The van der Waals surface area contributed by atoms with E-state index < -0.39 is 6.10 Å². The molecule has 2 aromatic rings. The minimum absolute atomic E-state index is 0.207. The molecule has 3 rings (SSSR count). The average Bonchev–Trinajstić information content (AvgIpc) is 2.71. The zero-order chi connectivity index (χ0) is 14.7. The fraction of sp³-hybridized carbons (Fsp3) is 0.294. The molecule has 21 heavy (non-hydrogen) atoms. The molecule has 0 aromatic heterocycles. The van der Waals surface area contributed by atoms with Gasteiger partial charge in [0.1, 0.15) is 5.75 Å². The predicted molar refractivity (Wildman–Crippen MR) is 78.8 cm³/mol. The number of aliphatic hydroxyl groups is 1. The van der Waals surface area contributed by atoms with Crippen molar-refractivity contribution in [3.05, 3.63) is 53.6 Å². The lowest BCUT2D eigenvalue weighted by atomic mass is 10.0. The first kappa shape index (κ1) is 13.8. The van der Waals surface area contributed by atoms with Crippen LogP contribution in [0.4, 0.5) is 0 Å². The van der Waals surface area contributed by atoms with Gasteiger partial charge in [0.2, 0.25) is 0 Å². The van der Waals surface area contributed by atoms with Gasteiger partial charge in [-0.2, -0.15) is 0 Å². The molecular weight excluding hydrogens is 268 g/mol. The molecular formula is C17H18O4. The molecule has 1 aliphatic rings. The summed E-state index contributed by atoms with van der Waals surface area (Å²) in [6.45, 7) is 1.28. The Morgan fingerprint density at radius 1 is 1.00 bits per heavy atom. The summed E-state index contributed by atoms with van der Waals surface area (Å²) in [5, 5.41) is 19.8. The lowest BCUT2D eigenvalue weighted by Crippen LogP contribution is -2.03. The minimum atomic E-state index is -0.649. The normalized spacial score (nSPS) is 15.3. The molecule has 1 unspecified atom stereocenters. The van der Waals surface area contributed by atoms with Crippen LogP contribution in [-0.4, -0.2) is 23.4 Å². The Morgan fingerprint density at radius 3 is 2.62 bits per heavy atom. The average molecular weight is 286 g/mol. The highest BCUT2D eigenvalue weighted by Crippen LogP contribution is 2.33. The van der Waals surface area contributed by atoms with Gasteiger partial charge in [0.25, 0.3) is 0 Å². The SMILES string of the molecule is Oc1cccc(CC(O)c2ccc3c(c2)OCCCO3)c1. The maximum Gasteiger partial charge on any atom is 0.161 e. The number of ether oxygens (including phenoxy) is 2. The number of aromatic hydroxyl groups is 1. The summed E-state index contributed by atoms with van der Waals surface area (Å²) in [5.41, 5.74) is 1.66. The molecule has 0 saturated carbocycles. The maximum atomic E-state index is 10.4. The van der Waals surface area contributed by atoms with Gasteiger partial charge in [-0.1, -0.05) is 18.2 Å². The third kappa shape index (κ3) is 3.28. The summed E-state index contributed by atoms with van der Waals surface area (Å²) in [6, 6.07) is 12.4. The van der Waals surface area contributed by atoms with Crippen LogP contribution in [0.5, 0.6) is 17.2 Å². The van der Waals surface area contributed by atoms with Crippen molar-refractivity contribution in [3.8, 4) is 17.2 Å². The van der Waals surface area contributed by atoms with Gasteiger partial charge in [-0.05, 0) is 35.4 Å². The Labute approximate surface area is 123 Å². The van der Waals surface area contributed by atoms with Crippen LogP contribution >= 0.6 is 0 Å². The monoisotopic (exact) mass is 286 g/mol. The van der Waals surface area contributed by atoms with Gasteiger partial charge in [-0.25, -0.2) is 0 Å². The Balaban J connectivity index is 1.78. The molecule has 0 amide bonds. The third-order valence-corrected chi connectivity index (χ3v) is 3.50. The van der Waals surface area contributed by atoms with Crippen molar-refractivity contribution in [2.24, 2.45) is 0 Å². The van der Waals surface area contributed by atoms with E-state index in [2.05, 4.69) is 0 Å². The second kappa shape index (κ2) is 6.06. The van der Waals surface area contributed by atoms with Crippen LogP contribution in [0.2, 0.25) is 0 Å². The van der Waals surface area contributed by atoms with E-state index in [0.29, 0.717) is 25.4 Å². The molecule has 0 radical (unpaired) electrons. The highest BCUT2D eigenvalue weighted by atomic mass is 16.5. The van der Waals surface area contributed by atoms with Crippen LogP contribution in [0.15, 0.2) is 42.5 Å². The zero-order valence-corrected chi connectivity index (χ0v) is 11.7. The van der Waals surface area contributed by atoms with Crippen molar-refractivity contribution in [1.82, 2.24) is 0 Å². The lowest BCUT2D eigenvalue weighted by molar-refractivity contribution is 0.177. The number of aliphatic hydroxyl groups excluding tert-OH is 1. The summed E-state index contributed by atoms with van der Waals surface area (Å²) in [5.74, 6) is 1.61. The minimum Gasteiger partial charge on any atom is -0.508 e. The molecule has 0 fully saturated rings. The summed E-state index contributed by atoms with van der Waals surface area (Å²) in [6.07, 6.45) is 0.646. The topological polar surface area (TPSA) is 58.9 Å². The first-order chi connectivity index (χ1) is 10.2. The molecule has 2 N–H and O–H groups in total. The van der Waals surface area contributed by atoms with Crippen LogP contribution < -0.4 is 9.47 Å². The van der Waals surface area contributed by atoms with Gasteiger partial charge >= 0.3 is 0 Å². The van der Waals surface area contributed by atoms with Gasteiger partial charge in [0.05, 0.1) is 19.3 Å². The van der Waals surface area contributed by atoms with Crippen molar-refractivity contribution in [3.63, 3.8) is 0 Å². The van der Waals surface area contributed by atoms with Crippen LogP contribution in [0.25, 0.3) is 0 Å². The number of fused-ring (bicyclic) bond motifs is 1. The molecule has 4 heteroatoms. The molecule has 4 nitrogen and oxygen atoms in total. The molecule has 1 atom stereocenters. The van der Waals surface area contributed by atoms with Gasteiger partial charge in [0, 0.05) is 12.8 Å². The molecule has 1 aliphatic heterocycles. The van der Waals surface area contributed by atoms with Crippen LogP contribution in [0.1, 0.15) is 23.7 Å². The zero-order valence-electron chi connectivity index (χ0n) is 11.7. The highest BCUT2D eigenvalue weighted by Gasteiger charge is 2.15. The number of rotatable bonds is 3. The number of benzene rings is 2. The molecule has 0 aliphatic carbocycles. The first-order valence-corrected chi connectivity index (χ1v) is 7.08. The number of hydrogen-bond donors (Lipinski definition) is 2. The van der Waals surface area contributed by atoms with Gasteiger partial charge in [0.15, 0.2) is 11.5 Å². The quantitative estimate of drug-likeness (QED) is 0.911. The number of phenolic OH excluding ortho intramolecular Hbond substituents is 1. The fourth-order valence-corrected chi connectivity index (χ4v) is 2.41. The Kier molecular flexibility index (Phi) is 3.97. The highest BCUT2D eigenvalue weighted by molar-refractivity contribution is 5.44. The number of hydrogen-bond acceptors (Lipinski definition) is 4. The molecule has 0 saturated heterocycles. The van der Waals surface area contributed by atoms with Crippen molar-refractivity contribution in [1.29, 1.82) is 0 Å². The molecule has 110 valence electrons. The van der Waals surface area contributed by atoms with Crippen molar-refractivity contribution in [2.75, 3.05) is 13.2 Å². The molecule has 1 heterocycles. The largest absolute Gasteiger partial charge is 0.508 e. The summed E-state index contributed by atoms with van der Waals surface area (Å²) >= 11 is 0. The van der Waals surface area contributed by atoms with E-state index in [1.165, 1.54) is 0 Å². The van der Waals surface area contributed by atoms with Crippen LogP contribution in [0, 0.1) is 0 Å². The van der Waals surface area contributed by atoms with Crippen molar-refractivity contribution in [2.45, 2.75) is 18.9 Å². The van der Waals surface area contributed by atoms with E-state index >= 15 is 0 Å². The maximum absolute atomic E-state index is 10.4. The third-order valence-electron chi connectivity index (χ3n) is 3.50. The first-order valence-electron chi connectivity index (χ1n) is 7.08. The standard InChI is InChI=1S/C17H18O4/c18-14-4-1-3-12(9-14)10-15(19)13-5-6-16-17(11-13)21-8-2-7-20-16/h1,3-6,9,11,15,18-19H,2,7-8,10H2. The van der Waals surface area contributed by atoms with Gasteiger partial charge in [-0.15, -0.1) is 0 Å². The van der Waals surface area contributed by atoms with E-state index in [0.717, 1.165) is 23.3 Å². The predicted octanol–water partition coefficient (Wildman–Crippen LogP) is 2.83. The second-order valence-electron chi connectivity index (χ2n) is 5.15. The van der Waals surface area contributed by atoms with Gasteiger partial charge < -0.3 is 19.7 Å². The van der Waals surface area contributed by atoms with E-state index in [4.69, 9.17) is 9.47 Å². The van der Waals surface area contributed by atoms with Crippen molar-refractivity contribution < 1.29 is 19.7 Å². The molecule has 2 aromatic carbocycles. The van der Waals surface area contributed by atoms with E-state index in [1.807, 2.05) is 24.3 Å². The number of phenols is 1. The summed E-state index contributed by atoms with van der Waals surface area (Å²) in [4.78, 5) is 0. The van der Waals surface area contributed by atoms with Crippen LogP contribution in [-0.2, 0) is 6.42 Å². The Hall–Kier alpha value is -2.20. The molecule has 0 bridgehead atoms. The summed E-state index contributed by atoms with van der Waals surface area (Å²) in [7, 11) is 0. The molecule has 0 spiro atoms. The second-order valence-corrected chi connectivity index (χ2v) is 5.15. The van der Waals surface area contributed by atoms with E-state index in [1.54, 1.807) is 18.2 Å². The van der Waals surface area contributed by atoms with E-state index in [9.17, 15) is 10.2 Å². The Bertz CT molecular complexity index is 624. The summed E-state index contributed by atoms with van der Waals surface area (Å²) < 4.78 is 11.2. The van der Waals surface area contributed by atoms with E-state index in [-0.39, 0.29) is 5.75 Å². The smallest absolute Gasteiger partial charge is 0.161 e. The van der Waals surface area contributed by atoms with Gasteiger partial charge in [-0.3, -0.25) is 0 Å². The Morgan fingerprint density at radius 2 is 1.81 bits per heavy atom. The van der Waals surface area contributed by atoms with Crippen molar-refractivity contribution >= 4 is 0 Å². The lowest BCUT2D eigenvalue weighted by Gasteiger charge is -2.14. The fourth-order valence-electron chi connectivity index (χ4n) is 2.41. The van der Waals surface area contributed by atoms with Crippen LogP contribution in [0.3, 0.4) is 0 Å².